The van der Waals surface area contributed by atoms with Crippen molar-refractivity contribution >= 4 is 34.5 Å². The maximum Gasteiger partial charge on any atom is 0.277 e. The lowest BCUT2D eigenvalue weighted by atomic mass is 9.97. The average Bonchev–Trinajstić information content (AvgIpc) is 3.55. The molecule has 5 heterocycles. The lowest BCUT2D eigenvalue weighted by Gasteiger charge is -2.31. The number of carbonyl (C=O) groups is 2. The predicted molar refractivity (Wildman–Crippen MR) is 137 cm³/mol. The number of amides is 2. The summed E-state index contributed by atoms with van der Waals surface area (Å²) in [7, 11) is 0. The Bertz CT molecular complexity index is 1470. The molecule has 6 rings (SSSR count). The number of aryl methyl sites for hydroxylation is 3. The van der Waals surface area contributed by atoms with Crippen molar-refractivity contribution in [3.05, 3.63) is 69.1 Å². The molecule has 0 aliphatic carbocycles. The highest BCUT2D eigenvalue weighted by Gasteiger charge is 2.30. The van der Waals surface area contributed by atoms with Gasteiger partial charge in [0.25, 0.3) is 11.8 Å². The number of thiazole rings is 1. The van der Waals surface area contributed by atoms with Gasteiger partial charge in [-0.05, 0) is 51.2 Å². The molecule has 3 aromatic heterocycles. The summed E-state index contributed by atoms with van der Waals surface area (Å²) >= 11 is 1.55. The van der Waals surface area contributed by atoms with E-state index in [1.165, 1.54) is 5.56 Å². The van der Waals surface area contributed by atoms with Gasteiger partial charge in [-0.15, -0.1) is 21.5 Å². The van der Waals surface area contributed by atoms with Crippen molar-refractivity contribution in [2.75, 3.05) is 24.5 Å². The van der Waals surface area contributed by atoms with E-state index in [4.69, 9.17) is 4.98 Å². The van der Waals surface area contributed by atoms with E-state index in [-0.39, 0.29) is 17.7 Å². The van der Waals surface area contributed by atoms with Crippen molar-refractivity contribution < 1.29 is 9.59 Å². The molecule has 9 nitrogen and oxygen atoms in total. The number of anilines is 1. The van der Waals surface area contributed by atoms with Gasteiger partial charge in [0.05, 0.1) is 16.4 Å². The van der Waals surface area contributed by atoms with Crippen LogP contribution in [0.1, 0.15) is 68.1 Å². The zero-order chi connectivity index (χ0) is 24.8. The smallest absolute Gasteiger partial charge is 0.277 e. The molecule has 1 fully saturated rings. The first-order valence-corrected chi connectivity index (χ1v) is 13.2. The molecule has 36 heavy (non-hydrogen) atoms. The quantitative estimate of drug-likeness (QED) is 0.424. The monoisotopic (exact) mass is 501 g/mol. The minimum Gasteiger partial charge on any atom is -0.337 e. The van der Waals surface area contributed by atoms with E-state index in [0.29, 0.717) is 35.8 Å². The van der Waals surface area contributed by atoms with Gasteiger partial charge in [0, 0.05) is 42.7 Å². The first kappa shape index (κ1) is 22.8. The number of fused-ring (bicyclic) bond motifs is 2. The fourth-order valence-corrected chi connectivity index (χ4v) is 6.18. The van der Waals surface area contributed by atoms with Crippen LogP contribution in [0.4, 0.5) is 5.69 Å². The zero-order valence-electron chi connectivity index (χ0n) is 20.3. The van der Waals surface area contributed by atoms with Crippen molar-refractivity contribution in [2.24, 2.45) is 0 Å². The molecule has 4 aromatic rings. The highest BCUT2D eigenvalue weighted by molar-refractivity contribution is 7.10. The summed E-state index contributed by atoms with van der Waals surface area (Å²) < 4.78 is 1.68. The predicted octanol–water partition coefficient (Wildman–Crippen LogP) is 3.81. The van der Waals surface area contributed by atoms with Crippen molar-refractivity contribution in [3.8, 4) is 0 Å². The lowest BCUT2D eigenvalue weighted by Crippen LogP contribution is -2.39. The van der Waals surface area contributed by atoms with Gasteiger partial charge >= 0.3 is 0 Å². The van der Waals surface area contributed by atoms with Crippen LogP contribution in [-0.4, -0.2) is 61.1 Å². The van der Waals surface area contributed by atoms with Crippen LogP contribution in [0, 0.1) is 13.8 Å². The molecule has 0 spiro atoms. The van der Waals surface area contributed by atoms with Gasteiger partial charge in [-0.2, -0.15) is 5.10 Å². The highest BCUT2D eigenvalue weighted by Crippen LogP contribution is 2.33. The SMILES string of the molecule is Cc1cc2nnc(C(=O)N3CCC(c4nc(C(=O)N5CCCc6ccccc65)cs4)CC3)c(C)n2n1. The van der Waals surface area contributed by atoms with Crippen molar-refractivity contribution in [1.82, 2.24) is 29.7 Å². The van der Waals surface area contributed by atoms with Crippen LogP contribution in [0.5, 0.6) is 0 Å². The van der Waals surface area contributed by atoms with E-state index in [1.807, 2.05) is 53.3 Å². The minimum absolute atomic E-state index is 0.0319. The number of carbonyl (C=O) groups excluding carboxylic acids is 2. The maximum atomic E-state index is 13.3. The summed E-state index contributed by atoms with van der Waals surface area (Å²) in [5.41, 5.74) is 5.24. The van der Waals surface area contributed by atoms with Crippen LogP contribution in [-0.2, 0) is 6.42 Å². The van der Waals surface area contributed by atoms with Crippen LogP contribution in [0.25, 0.3) is 5.65 Å². The zero-order valence-corrected chi connectivity index (χ0v) is 21.2. The number of nitrogens with zero attached hydrogens (tertiary/aromatic N) is 7. The summed E-state index contributed by atoms with van der Waals surface area (Å²) in [5.74, 6) is 0.0838. The Hall–Kier alpha value is -3.66. The molecule has 0 saturated carbocycles. The molecule has 0 radical (unpaired) electrons. The van der Waals surface area contributed by atoms with E-state index in [1.54, 1.807) is 15.9 Å². The molecule has 1 aromatic carbocycles. The van der Waals surface area contributed by atoms with Gasteiger partial charge in [-0.25, -0.2) is 9.50 Å². The Morgan fingerprint density at radius 1 is 1.03 bits per heavy atom. The fraction of sp³-hybridized carbons (Fsp3) is 0.385. The van der Waals surface area contributed by atoms with Gasteiger partial charge in [-0.3, -0.25) is 9.59 Å². The third-order valence-electron chi connectivity index (χ3n) is 7.16. The standard InChI is InChI=1S/C26H27N7O2S/c1-16-14-22-28-29-23(17(2)33(22)30-16)26(35)31-12-9-19(10-13-31)24-27-20(15-36-24)25(34)32-11-5-7-18-6-3-4-8-21(18)32/h3-4,6,8,14-15,19H,5,7,9-13H2,1-2H3. The van der Waals surface area contributed by atoms with Gasteiger partial charge in [0.15, 0.2) is 11.3 Å². The number of aromatic nitrogens is 5. The third kappa shape index (κ3) is 3.95. The average molecular weight is 502 g/mol. The molecular formula is C26H27N7O2S. The Balaban J connectivity index is 1.13. The van der Waals surface area contributed by atoms with Crippen LogP contribution < -0.4 is 4.90 Å². The van der Waals surface area contributed by atoms with Crippen LogP contribution in [0.2, 0.25) is 0 Å². The van der Waals surface area contributed by atoms with Crippen LogP contribution in [0.15, 0.2) is 35.7 Å². The minimum atomic E-state index is -0.118. The number of para-hydroxylation sites is 1. The number of likely N-dealkylation sites (tertiary alicyclic amines) is 1. The second kappa shape index (κ2) is 9.09. The molecule has 2 aliphatic heterocycles. The summed E-state index contributed by atoms with van der Waals surface area (Å²) in [6.45, 7) is 5.69. The molecule has 1 saturated heterocycles. The Kier molecular flexibility index (Phi) is 5.75. The van der Waals surface area contributed by atoms with Crippen molar-refractivity contribution in [3.63, 3.8) is 0 Å². The lowest BCUT2D eigenvalue weighted by molar-refractivity contribution is 0.0704. The number of hydrogen-bond donors (Lipinski definition) is 0. The second-order valence-corrected chi connectivity index (χ2v) is 10.4. The first-order chi connectivity index (χ1) is 17.5. The van der Waals surface area contributed by atoms with E-state index in [0.717, 1.165) is 48.6 Å². The molecule has 0 atom stereocenters. The number of benzene rings is 1. The van der Waals surface area contributed by atoms with Crippen molar-refractivity contribution in [2.45, 2.75) is 45.4 Å². The molecule has 2 aliphatic rings. The molecular weight excluding hydrogens is 474 g/mol. The maximum absolute atomic E-state index is 13.3. The number of hydrogen-bond acceptors (Lipinski definition) is 7. The Morgan fingerprint density at radius 2 is 1.83 bits per heavy atom. The molecule has 10 heteroatoms. The second-order valence-electron chi connectivity index (χ2n) is 9.52. The molecule has 0 N–H and O–H groups in total. The van der Waals surface area contributed by atoms with Crippen LogP contribution in [0.3, 0.4) is 0 Å². The topological polar surface area (TPSA) is 96.6 Å². The van der Waals surface area contributed by atoms with Crippen LogP contribution >= 0.6 is 11.3 Å². The first-order valence-electron chi connectivity index (χ1n) is 12.3. The van der Waals surface area contributed by atoms with Gasteiger partial charge < -0.3 is 9.80 Å². The van der Waals surface area contributed by atoms with Gasteiger partial charge in [0.1, 0.15) is 5.69 Å². The number of piperidine rings is 1. The van der Waals surface area contributed by atoms with Gasteiger partial charge in [0.2, 0.25) is 0 Å². The fourth-order valence-electron chi connectivity index (χ4n) is 5.21. The third-order valence-corrected chi connectivity index (χ3v) is 8.16. The highest BCUT2D eigenvalue weighted by atomic mass is 32.1. The largest absolute Gasteiger partial charge is 0.337 e. The van der Waals surface area contributed by atoms with Gasteiger partial charge in [-0.1, -0.05) is 18.2 Å². The Labute approximate surface area is 212 Å². The molecule has 0 unspecified atom stereocenters. The summed E-state index contributed by atoms with van der Waals surface area (Å²) in [6, 6.07) is 9.96. The van der Waals surface area contributed by atoms with E-state index < -0.39 is 0 Å². The molecule has 0 bridgehead atoms. The summed E-state index contributed by atoms with van der Waals surface area (Å²) in [6.07, 6.45) is 3.56. The van der Waals surface area contributed by atoms with E-state index in [9.17, 15) is 9.59 Å². The summed E-state index contributed by atoms with van der Waals surface area (Å²) in [4.78, 5) is 34.9. The molecule has 2 amide bonds. The molecule has 184 valence electrons. The normalized spacial score (nSPS) is 16.4. The number of rotatable bonds is 3. The summed E-state index contributed by atoms with van der Waals surface area (Å²) in [5, 5.41) is 15.6. The van der Waals surface area contributed by atoms with E-state index in [2.05, 4.69) is 21.4 Å². The van der Waals surface area contributed by atoms with E-state index >= 15 is 0 Å². The van der Waals surface area contributed by atoms with Crippen molar-refractivity contribution in [1.29, 1.82) is 0 Å². The Morgan fingerprint density at radius 3 is 2.67 bits per heavy atom.